The number of likely N-dealkylation sites (tertiary alicyclic amines) is 1. The van der Waals surface area contributed by atoms with Gasteiger partial charge in [-0.2, -0.15) is 4.98 Å². The summed E-state index contributed by atoms with van der Waals surface area (Å²) in [5.74, 6) is 2.30. The molecule has 1 saturated heterocycles. The van der Waals surface area contributed by atoms with Crippen LogP contribution in [-0.4, -0.2) is 40.6 Å². The van der Waals surface area contributed by atoms with Crippen LogP contribution in [-0.2, 0) is 11.2 Å². The number of aryl methyl sites for hydroxylation is 1. The molecule has 1 aromatic heterocycles. The molecule has 0 spiro atoms. The summed E-state index contributed by atoms with van der Waals surface area (Å²) in [5, 5.41) is 7.57. The van der Waals surface area contributed by atoms with E-state index in [1.165, 1.54) is 23.1 Å². The summed E-state index contributed by atoms with van der Waals surface area (Å²) in [7, 11) is 0. The number of hydrogen-bond donors (Lipinski definition) is 1. The molecule has 5 rings (SSSR count). The minimum atomic E-state index is 0.0716. The number of amides is 1. The van der Waals surface area contributed by atoms with Gasteiger partial charge in [0.1, 0.15) is 0 Å². The van der Waals surface area contributed by atoms with E-state index >= 15 is 0 Å². The van der Waals surface area contributed by atoms with E-state index in [9.17, 15) is 4.79 Å². The first-order valence-electron chi connectivity index (χ1n) is 13.1. The summed E-state index contributed by atoms with van der Waals surface area (Å²) in [4.78, 5) is 19.9. The van der Waals surface area contributed by atoms with E-state index in [1.807, 2.05) is 6.07 Å². The SMILES string of the molecule is Cc1ccc(Cc2noc(C3CCN(CC[C@H](NC(=O)C4CCC4)c4ccccc4)CC3)n2)cc1. The Morgan fingerprint density at radius 1 is 1.06 bits per heavy atom. The summed E-state index contributed by atoms with van der Waals surface area (Å²) in [5.41, 5.74) is 3.65. The highest BCUT2D eigenvalue weighted by Gasteiger charge is 2.29. The number of carbonyl (C=O) groups is 1. The van der Waals surface area contributed by atoms with Crippen LogP contribution in [0, 0.1) is 12.8 Å². The van der Waals surface area contributed by atoms with Crippen LogP contribution in [0.5, 0.6) is 0 Å². The molecular weight excluding hydrogens is 436 g/mol. The Morgan fingerprint density at radius 2 is 1.80 bits per heavy atom. The van der Waals surface area contributed by atoms with Crippen LogP contribution in [0.25, 0.3) is 0 Å². The Hall–Kier alpha value is -2.99. The van der Waals surface area contributed by atoms with Gasteiger partial charge < -0.3 is 14.7 Å². The van der Waals surface area contributed by atoms with Crippen LogP contribution in [0.4, 0.5) is 0 Å². The van der Waals surface area contributed by atoms with Crippen LogP contribution in [0.15, 0.2) is 59.1 Å². The number of nitrogens with one attached hydrogen (secondary N) is 1. The van der Waals surface area contributed by atoms with Crippen molar-refractivity contribution in [2.24, 2.45) is 5.92 Å². The molecule has 2 fully saturated rings. The van der Waals surface area contributed by atoms with Gasteiger partial charge in [0.2, 0.25) is 11.8 Å². The van der Waals surface area contributed by atoms with Crippen molar-refractivity contribution >= 4 is 5.91 Å². The van der Waals surface area contributed by atoms with Gasteiger partial charge >= 0.3 is 0 Å². The lowest BCUT2D eigenvalue weighted by Gasteiger charge is -2.32. The topological polar surface area (TPSA) is 71.3 Å². The number of rotatable bonds is 9. The van der Waals surface area contributed by atoms with E-state index in [4.69, 9.17) is 9.51 Å². The zero-order valence-electron chi connectivity index (χ0n) is 20.7. The summed E-state index contributed by atoms with van der Waals surface area (Å²) >= 11 is 0. The fourth-order valence-corrected chi connectivity index (χ4v) is 5.08. The first kappa shape index (κ1) is 23.7. The molecule has 0 bridgehead atoms. The smallest absolute Gasteiger partial charge is 0.229 e. The molecule has 1 atom stereocenters. The average Bonchev–Trinajstić information content (AvgIpc) is 3.31. The number of piperidine rings is 1. The van der Waals surface area contributed by atoms with Gasteiger partial charge in [0.25, 0.3) is 0 Å². The Morgan fingerprint density at radius 3 is 2.49 bits per heavy atom. The van der Waals surface area contributed by atoms with Crippen molar-refractivity contribution in [1.29, 1.82) is 0 Å². The lowest BCUT2D eigenvalue weighted by atomic mass is 9.84. The fourth-order valence-electron chi connectivity index (χ4n) is 5.08. The van der Waals surface area contributed by atoms with Gasteiger partial charge in [-0.1, -0.05) is 71.7 Å². The molecule has 1 aliphatic heterocycles. The van der Waals surface area contributed by atoms with Crippen LogP contribution in [0.2, 0.25) is 0 Å². The third-order valence-electron chi connectivity index (χ3n) is 7.63. The van der Waals surface area contributed by atoms with Gasteiger partial charge in [-0.05, 0) is 63.2 Å². The first-order valence-corrected chi connectivity index (χ1v) is 13.1. The molecule has 1 N–H and O–H groups in total. The molecular formula is C29H36N4O2. The van der Waals surface area contributed by atoms with Crippen LogP contribution in [0.1, 0.15) is 78.9 Å². The number of aromatic nitrogens is 2. The van der Waals surface area contributed by atoms with Gasteiger partial charge in [-0.15, -0.1) is 0 Å². The van der Waals surface area contributed by atoms with Gasteiger partial charge in [0.05, 0.1) is 6.04 Å². The largest absolute Gasteiger partial charge is 0.349 e. The predicted molar refractivity (Wildman–Crippen MR) is 136 cm³/mol. The van der Waals surface area contributed by atoms with E-state index in [1.54, 1.807) is 0 Å². The third-order valence-corrected chi connectivity index (χ3v) is 7.63. The highest BCUT2D eigenvalue weighted by molar-refractivity contribution is 5.79. The molecule has 1 saturated carbocycles. The van der Waals surface area contributed by atoms with Crippen molar-refractivity contribution in [2.45, 2.75) is 63.8 Å². The highest BCUT2D eigenvalue weighted by atomic mass is 16.5. The molecule has 3 aromatic rings. The standard InChI is InChI=1S/C29H36N4O2/c1-21-10-12-22(13-11-21)20-27-31-29(35-32-27)25-14-17-33(18-15-25)19-16-26(23-6-3-2-4-7-23)30-28(34)24-8-5-9-24/h2-4,6-7,10-13,24-26H,5,8-9,14-20H2,1H3,(H,30,34)/t26-/m0/s1. The molecule has 0 radical (unpaired) electrons. The third kappa shape index (κ3) is 6.17. The van der Waals surface area contributed by atoms with Crippen molar-refractivity contribution in [3.8, 4) is 0 Å². The second-order valence-corrected chi connectivity index (χ2v) is 10.2. The summed E-state index contributed by atoms with van der Waals surface area (Å²) in [6.45, 7) is 5.09. The molecule has 6 heteroatoms. The quantitative estimate of drug-likeness (QED) is 0.464. The second kappa shape index (κ2) is 11.2. The van der Waals surface area contributed by atoms with Crippen molar-refractivity contribution in [1.82, 2.24) is 20.4 Å². The molecule has 184 valence electrons. The predicted octanol–water partition coefficient (Wildman–Crippen LogP) is 5.20. The van der Waals surface area contributed by atoms with Crippen molar-refractivity contribution in [2.75, 3.05) is 19.6 Å². The Bertz CT molecular complexity index is 1080. The summed E-state index contributed by atoms with van der Waals surface area (Å²) in [6.07, 6.45) is 6.92. The average molecular weight is 473 g/mol. The van der Waals surface area contributed by atoms with Gasteiger partial charge in [-0.3, -0.25) is 4.79 Å². The number of nitrogens with zero attached hydrogens (tertiary/aromatic N) is 3. The maximum absolute atomic E-state index is 12.6. The first-order chi connectivity index (χ1) is 17.1. The number of benzene rings is 2. The van der Waals surface area contributed by atoms with Crippen LogP contribution >= 0.6 is 0 Å². The lowest BCUT2D eigenvalue weighted by Crippen LogP contribution is -2.39. The van der Waals surface area contributed by atoms with Gasteiger partial charge in [0.15, 0.2) is 5.82 Å². The Labute approximate surface area is 208 Å². The van der Waals surface area contributed by atoms with Gasteiger partial charge in [-0.25, -0.2) is 0 Å². The van der Waals surface area contributed by atoms with E-state index < -0.39 is 0 Å². The maximum Gasteiger partial charge on any atom is 0.229 e. The normalized spacial score (nSPS) is 18.2. The second-order valence-electron chi connectivity index (χ2n) is 10.2. The Balaban J connectivity index is 1.12. The maximum atomic E-state index is 12.6. The molecule has 1 amide bonds. The highest BCUT2D eigenvalue weighted by Crippen LogP contribution is 2.30. The zero-order chi connectivity index (χ0) is 24.0. The number of hydrogen-bond acceptors (Lipinski definition) is 5. The fraction of sp³-hybridized carbons (Fsp3) is 0.483. The van der Waals surface area contributed by atoms with E-state index in [0.717, 1.165) is 63.5 Å². The minimum absolute atomic E-state index is 0.0716. The lowest BCUT2D eigenvalue weighted by molar-refractivity contribution is -0.128. The van der Waals surface area contributed by atoms with Crippen LogP contribution < -0.4 is 5.32 Å². The molecule has 2 aliphatic rings. The Kier molecular flexibility index (Phi) is 7.57. The van der Waals surface area contributed by atoms with Crippen LogP contribution in [0.3, 0.4) is 0 Å². The zero-order valence-corrected chi connectivity index (χ0v) is 20.7. The number of carbonyl (C=O) groups excluding carboxylic acids is 1. The molecule has 35 heavy (non-hydrogen) atoms. The monoisotopic (exact) mass is 472 g/mol. The van der Waals surface area contributed by atoms with E-state index in [2.05, 4.69) is 70.8 Å². The van der Waals surface area contributed by atoms with E-state index in [0.29, 0.717) is 12.3 Å². The molecule has 0 unspecified atom stereocenters. The van der Waals surface area contributed by atoms with Gasteiger partial charge in [0, 0.05) is 24.8 Å². The van der Waals surface area contributed by atoms with Crippen molar-refractivity contribution in [3.63, 3.8) is 0 Å². The van der Waals surface area contributed by atoms with Crippen molar-refractivity contribution < 1.29 is 9.32 Å². The summed E-state index contributed by atoms with van der Waals surface area (Å²) < 4.78 is 5.65. The molecule has 6 nitrogen and oxygen atoms in total. The molecule has 2 aromatic carbocycles. The summed E-state index contributed by atoms with van der Waals surface area (Å²) in [6, 6.07) is 19.0. The van der Waals surface area contributed by atoms with Crippen molar-refractivity contribution in [3.05, 3.63) is 83.0 Å². The molecule has 2 heterocycles. The van der Waals surface area contributed by atoms with E-state index in [-0.39, 0.29) is 17.9 Å². The molecule has 1 aliphatic carbocycles. The minimum Gasteiger partial charge on any atom is -0.349 e.